The molecule has 2 atom stereocenters. The maximum Gasteiger partial charge on any atom is 0.127 e. The van der Waals surface area contributed by atoms with Crippen molar-refractivity contribution in [2.75, 3.05) is 13.2 Å². The monoisotopic (exact) mass is 179 g/mol. The van der Waals surface area contributed by atoms with Crippen LogP contribution in [0.5, 0.6) is 0 Å². The molecule has 0 bridgehead atoms. The fourth-order valence-corrected chi connectivity index (χ4v) is 1.64. The lowest BCUT2D eigenvalue weighted by Crippen LogP contribution is -2.18. The van der Waals surface area contributed by atoms with E-state index in [0.717, 1.165) is 5.57 Å². The summed E-state index contributed by atoms with van der Waals surface area (Å²) in [5.41, 5.74) is 6.60. The summed E-state index contributed by atoms with van der Waals surface area (Å²) in [6.45, 7) is 0.518. The molecule has 0 saturated heterocycles. The predicted octanol–water partition coefficient (Wildman–Crippen LogP) is 0.333. The van der Waals surface area contributed by atoms with Crippen molar-refractivity contribution < 1.29 is 9.84 Å². The van der Waals surface area contributed by atoms with Crippen LogP contribution in [0, 0.1) is 5.92 Å². The lowest BCUT2D eigenvalue weighted by atomic mass is 9.95. The van der Waals surface area contributed by atoms with Gasteiger partial charge in [0.25, 0.3) is 0 Å². The average molecular weight is 179 g/mol. The second-order valence-corrected chi connectivity index (χ2v) is 3.26. The molecular formula is C10H13NO2. The first-order chi connectivity index (χ1) is 6.33. The standard InChI is InChI=1S/C10H13NO2/c11-5-7-1-2-8-4-9(6-12)13-10(8)3-7/h1-4,8,10,12H,5-6,11H2. The number of hydrogen-bond acceptors (Lipinski definition) is 3. The summed E-state index contributed by atoms with van der Waals surface area (Å²) in [6, 6.07) is 0. The van der Waals surface area contributed by atoms with E-state index in [4.69, 9.17) is 15.6 Å². The molecule has 0 aromatic rings. The van der Waals surface area contributed by atoms with Gasteiger partial charge in [-0.25, -0.2) is 0 Å². The Morgan fingerprint density at radius 2 is 2.31 bits per heavy atom. The minimum atomic E-state index is -0.0212. The van der Waals surface area contributed by atoms with Gasteiger partial charge in [-0.1, -0.05) is 12.2 Å². The van der Waals surface area contributed by atoms with Gasteiger partial charge in [0.2, 0.25) is 0 Å². The van der Waals surface area contributed by atoms with Crippen LogP contribution in [0.15, 0.2) is 35.6 Å². The van der Waals surface area contributed by atoms with Crippen LogP contribution in [0.1, 0.15) is 0 Å². The minimum Gasteiger partial charge on any atom is -0.488 e. The Labute approximate surface area is 77.2 Å². The Kier molecular flexibility index (Phi) is 2.20. The van der Waals surface area contributed by atoms with E-state index in [0.29, 0.717) is 12.3 Å². The van der Waals surface area contributed by atoms with Crippen LogP contribution < -0.4 is 5.73 Å². The number of hydrogen-bond donors (Lipinski definition) is 2. The van der Waals surface area contributed by atoms with Crippen molar-refractivity contribution in [3.8, 4) is 0 Å². The van der Waals surface area contributed by atoms with E-state index in [-0.39, 0.29) is 18.6 Å². The highest BCUT2D eigenvalue weighted by atomic mass is 16.5. The van der Waals surface area contributed by atoms with Gasteiger partial charge in [0, 0.05) is 12.5 Å². The topological polar surface area (TPSA) is 55.5 Å². The van der Waals surface area contributed by atoms with Gasteiger partial charge in [0.1, 0.15) is 18.5 Å². The molecule has 3 nitrogen and oxygen atoms in total. The Hall–Kier alpha value is -1.06. The molecule has 0 radical (unpaired) electrons. The number of rotatable bonds is 2. The molecule has 0 fully saturated rings. The smallest absolute Gasteiger partial charge is 0.127 e. The number of aliphatic hydroxyl groups excluding tert-OH is 1. The molecule has 1 aliphatic carbocycles. The summed E-state index contributed by atoms with van der Waals surface area (Å²) in [6.07, 6.45) is 8.09. The summed E-state index contributed by atoms with van der Waals surface area (Å²) in [5, 5.41) is 8.87. The third-order valence-electron chi connectivity index (χ3n) is 2.35. The first-order valence-corrected chi connectivity index (χ1v) is 4.40. The zero-order valence-corrected chi connectivity index (χ0v) is 7.31. The van der Waals surface area contributed by atoms with Gasteiger partial charge in [0.05, 0.1) is 0 Å². The van der Waals surface area contributed by atoms with Crippen molar-refractivity contribution in [2.45, 2.75) is 6.10 Å². The SMILES string of the molecule is NCC1=CC2OC(CO)=CC2C=C1. The van der Waals surface area contributed by atoms with Crippen molar-refractivity contribution in [1.82, 2.24) is 0 Å². The molecule has 70 valence electrons. The van der Waals surface area contributed by atoms with Gasteiger partial charge in [-0.3, -0.25) is 0 Å². The van der Waals surface area contributed by atoms with Crippen LogP contribution in [0.3, 0.4) is 0 Å². The number of fused-ring (bicyclic) bond motifs is 1. The molecule has 2 unspecified atom stereocenters. The van der Waals surface area contributed by atoms with E-state index in [2.05, 4.69) is 6.08 Å². The van der Waals surface area contributed by atoms with Crippen LogP contribution >= 0.6 is 0 Å². The minimum absolute atomic E-state index is 0.0212. The van der Waals surface area contributed by atoms with E-state index in [1.54, 1.807) is 0 Å². The van der Waals surface area contributed by atoms with Crippen LogP contribution in [0.25, 0.3) is 0 Å². The molecule has 3 heteroatoms. The molecule has 0 saturated carbocycles. The van der Waals surface area contributed by atoms with Crippen molar-refractivity contribution in [3.63, 3.8) is 0 Å². The van der Waals surface area contributed by atoms with E-state index < -0.39 is 0 Å². The van der Waals surface area contributed by atoms with Gasteiger partial charge in [-0.05, 0) is 17.7 Å². The second kappa shape index (κ2) is 3.36. The van der Waals surface area contributed by atoms with Crippen molar-refractivity contribution in [1.29, 1.82) is 0 Å². The summed E-state index contributed by atoms with van der Waals surface area (Å²) < 4.78 is 5.47. The van der Waals surface area contributed by atoms with Crippen LogP contribution in [-0.4, -0.2) is 24.4 Å². The molecule has 13 heavy (non-hydrogen) atoms. The van der Waals surface area contributed by atoms with Crippen LogP contribution in [0.4, 0.5) is 0 Å². The molecule has 3 N–H and O–H groups in total. The largest absolute Gasteiger partial charge is 0.488 e. The van der Waals surface area contributed by atoms with Crippen molar-refractivity contribution in [3.05, 3.63) is 35.6 Å². The molecule has 0 aromatic carbocycles. The van der Waals surface area contributed by atoms with Crippen molar-refractivity contribution in [2.24, 2.45) is 11.7 Å². The summed E-state index contributed by atoms with van der Waals surface area (Å²) >= 11 is 0. The molecular weight excluding hydrogens is 166 g/mol. The highest BCUT2D eigenvalue weighted by molar-refractivity contribution is 5.32. The molecule has 0 amide bonds. The second-order valence-electron chi connectivity index (χ2n) is 3.26. The average Bonchev–Trinajstić information content (AvgIpc) is 2.58. The van der Waals surface area contributed by atoms with Crippen LogP contribution in [-0.2, 0) is 4.74 Å². The highest BCUT2D eigenvalue weighted by Gasteiger charge is 2.27. The van der Waals surface area contributed by atoms with E-state index in [1.165, 1.54) is 0 Å². The maximum atomic E-state index is 8.87. The molecule has 1 aliphatic heterocycles. The summed E-state index contributed by atoms with van der Waals surface area (Å²) in [7, 11) is 0. The van der Waals surface area contributed by atoms with Gasteiger partial charge in [-0.15, -0.1) is 0 Å². The highest BCUT2D eigenvalue weighted by Crippen LogP contribution is 2.29. The Morgan fingerprint density at radius 3 is 3.00 bits per heavy atom. The van der Waals surface area contributed by atoms with Gasteiger partial charge >= 0.3 is 0 Å². The third-order valence-corrected chi connectivity index (χ3v) is 2.35. The maximum absolute atomic E-state index is 8.87. The Balaban J connectivity index is 2.13. The number of aliphatic hydroxyl groups is 1. The Morgan fingerprint density at radius 1 is 1.46 bits per heavy atom. The zero-order valence-electron chi connectivity index (χ0n) is 7.31. The first-order valence-electron chi connectivity index (χ1n) is 4.40. The van der Waals surface area contributed by atoms with Crippen LogP contribution in [0.2, 0.25) is 0 Å². The Bertz CT molecular complexity index is 291. The molecule has 2 aliphatic rings. The summed E-state index contributed by atoms with van der Waals surface area (Å²) in [5.74, 6) is 0.937. The van der Waals surface area contributed by atoms with E-state index in [1.807, 2.05) is 18.2 Å². The van der Waals surface area contributed by atoms with Gasteiger partial charge < -0.3 is 15.6 Å². The van der Waals surface area contributed by atoms with E-state index >= 15 is 0 Å². The normalized spacial score (nSPS) is 30.6. The number of ether oxygens (including phenoxy) is 1. The lowest BCUT2D eigenvalue weighted by Gasteiger charge is -2.17. The fourth-order valence-electron chi connectivity index (χ4n) is 1.64. The van der Waals surface area contributed by atoms with Crippen molar-refractivity contribution >= 4 is 0 Å². The third kappa shape index (κ3) is 1.53. The molecule has 2 rings (SSSR count). The zero-order chi connectivity index (χ0) is 9.26. The molecule has 1 heterocycles. The lowest BCUT2D eigenvalue weighted by molar-refractivity contribution is 0.130. The van der Waals surface area contributed by atoms with Gasteiger partial charge in [0.15, 0.2) is 0 Å². The number of nitrogens with two attached hydrogens (primary N) is 1. The molecule has 0 aromatic heterocycles. The molecule has 0 spiro atoms. The summed E-state index contributed by atoms with van der Waals surface area (Å²) in [4.78, 5) is 0. The predicted molar refractivity (Wildman–Crippen MR) is 49.8 cm³/mol. The fraction of sp³-hybridized carbons (Fsp3) is 0.400. The quantitative estimate of drug-likeness (QED) is 0.642. The first kappa shape index (κ1) is 8.53. The van der Waals surface area contributed by atoms with E-state index in [9.17, 15) is 0 Å². The van der Waals surface area contributed by atoms with Gasteiger partial charge in [-0.2, -0.15) is 0 Å².